The zero-order valence-electron chi connectivity index (χ0n) is 16.4. The van der Waals surface area contributed by atoms with Gasteiger partial charge in [0.1, 0.15) is 21.6 Å². The topological polar surface area (TPSA) is 55.3 Å². The number of nitrogens with zero attached hydrogens (tertiary/aromatic N) is 3. The van der Waals surface area contributed by atoms with Crippen LogP contribution in [0.3, 0.4) is 0 Å². The number of fused-ring (bicyclic) bond motifs is 1. The Kier molecular flexibility index (Phi) is 6.93. The quantitative estimate of drug-likeness (QED) is 0.429. The number of halogens is 1. The number of ether oxygens (including phenoxy) is 1. The fourth-order valence-electron chi connectivity index (χ4n) is 3.67. The molecule has 148 valence electrons. The van der Waals surface area contributed by atoms with E-state index in [2.05, 4.69) is 28.7 Å². The van der Waals surface area contributed by atoms with E-state index in [0.29, 0.717) is 4.88 Å². The average molecular weight is 410 g/mol. The summed E-state index contributed by atoms with van der Waals surface area (Å²) < 4.78 is 5.79. The maximum absolute atomic E-state index is 12.8. The highest BCUT2D eigenvalue weighted by Gasteiger charge is 2.25. The molecule has 0 bridgehead atoms. The van der Waals surface area contributed by atoms with E-state index >= 15 is 0 Å². The Balaban J connectivity index is 1.95. The molecule has 0 atom stereocenters. The van der Waals surface area contributed by atoms with Gasteiger partial charge in [0.15, 0.2) is 0 Å². The molecule has 0 spiro atoms. The summed E-state index contributed by atoms with van der Waals surface area (Å²) >= 11 is 7.56. The minimum Gasteiger partial charge on any atom is -0.458 e. The van der Waals surface area contributed by atoms with Crippen molar-refractivity contribution in [3.05, 3.63) is 15.7 Å². The number of anilines is 1. The van der Waals surface area contributed by atoms with Crippen LogP contribution in [0, 0.1) is 6.92 Å². The number of thiophene rings is 1. The molecule has 0 N–H and O–H groups in total. The van der Waals surface area contributed by atoms with Crippen LogP contribution in [0.2, 0.25) is 5.28 Å². The van der Waals surface area contributed by atoms with E-state index in [4.69, 9.17) is 16.3 Å². The highest BCUT2D eigenvalue weighted by molar-refractivity contribution is 7.20. The number of carbonyl (C=O) groups is 1. The van der Waals surface area contributed by atoms with Gasteiger partial charge in [-0.3, -0.25) is 0 Å². The highest BCUT2D eigenvalue weighted by atomic mass is 35.5. The third-order valence-corrected chi connectivity index (χ3v) is 6.55. The Morgan fingerprint density at radius 3 is 2.67 bits per heavy atom. The van der Waals surface area contributed by atoms with Gasteiger partial charge in [-0.2, -0.15) is 4.98 Å². The molecule has 27 heavy (non-hydrogen) atoms. The molecule has 1 saturated carbocycles. The van der Waals surface area contributed by atoms with Crippen LogP contribution in [0.1, 0.15) is 74.0 Å². The zero-order valence-corrected chi connectivity index (χ0v) is 18.0. The van der Waals surface area contributed by atoms with Crippen molar-refractivity contribution in [3.63, 3.8) is 0 Å². The molecule has 1 aliphatic rings. The van der Waals surface area contributed by atoms with E-state index in [9.17, 15) is 4.79 Å². The van der Waals surface area contributed by atoms with Crippen LogP contribution < -0.4 is 4.90 Å². The van der Waals surface area contributed by atoms with Crippen LogP contribution in [0.4, 0.5) is 5.82 Å². The summed E-state index contributed by atoms with van der Waals surface area (Å²) in [4.78, 5) is 25.3. The summed E-state index contributed by atoms with van der Waals surface area (Å²) in [5.41, 5.74) is 0.900. The van der Waals surface area contributed by atoms with Gasteiger partial charge in [0.2, 0.25) is 5.28 Å². The maximum atomic E-state index is 12.8. The Labute approximate surface area is 170 Å². The first kappa shape index (κ1) is 20.3. The van der Waals surface area contributed by atoms with Gasteiger partial charge >= 0.3 is 5.97 Å². The fraction of sp³-hybridized carbons (Fsp3) is 0.650. The number of esters is 1. The third-order valence-electron chi connectivity index (χ3n) is 5.22. The minimum atomic E-state index is -0.235. The molecule has 0 amide bonds. The molecule has 0 unspecified atom stereocenters. The molecule has 7 heteroatoms. The van der Waals surface area contributed by atoms with Crippen LogP contribution in [0.25, 0.3) is 10.2 Å². The number of aromatic nitrogens is 2. The lowest BCUT2D eigenvalue weighted by atomic mass is 9.98. The third kappa shape index (κ3) is 4.54. The molecule has 5 nitrogen and oxygen atoms in total. The van der Waals surface area contributed by atoms with Crippen molar-refractivity contribution in [2.75, 3.05) is 18.0 Å². The van der Waals surface area contributed by atoms with Crippen LogP contribution in [0.5, 0.6) is 0 Å². The van der Waals surface area contributed by atoms with Crippen molar-refractivity contribution in [1.29, 1.82) is 0 Å². The zero-order chi connectivity index (χ0) is 19.4. The lowest BCUT2D eigenvalue weighted by Crippen LogP contribution is -2.25. The van der Waals surface area contributed by atoms with Gasteiger partial charge in [0, 0.05) is 13.1 Å². The molecule has 0 saturated heterocycles. The highest BCUT2D eigenvalue weighted by Crippen LogP contribution is 2.37. The lowest BCUT2D eigenvalue weighted by Gasteiger charge is -2.23. The van der Waals surface area contributed by atoms with Crippen LogP contribution in [-0.2, 0) is 4.74 Å². The van der Waals surface area contributed by atoms with Crippen molar-refractivity contribution >= 4 is 44.9 Å². The standard InChI is InChI=1S/C20H28ClN3O2S/c1-4-6-12-24(5-2)17-15-13(3)16(27-18(15)23-20(21)22-17)19(25)26-14-10-8-7-9-11-14/h14H,4-12H2,1-3H3. The first-order valence-corrected chi connectivity index (χ1v) is 11.2. The Bertz CT molecular complexity index is 802. The second-order valence-electron chi connectivity index (χ2n) is 7.15. The minimum absolute atomic E-state index is 0.0432. The summed E-state index contributed by atoms with van der Waals surface area (Å²) in [6, 6.07) is 0. The van der Waals surface area contributed by atoms with Gasteiger partial charge in [0.25, 0.3) is 0 Å². The van der Waals surface area contributed by atoms with E-state index in [-0.39, 0.29) is 17.4 Å². The van der Waals surface area contributed by atoms with Gasteiger partial charge in [0.05, 0.1) is 5.39 Å². The molecule has 1 aliphatic carbocycles. The maximum Gasteiger partial charge on any atom is 0.348 e. The molecular formula is C20H28ClN3O2S. The molecule has 3 rings (SSSR count). The second kappa shape index (κ2) is 9.20. The fourth-order valence-corrected chi connectivity index (χ4v) is 4.94. The Morgan fingerprint density at radius 2 is 2.00 bits per heavy atom. The van der Waals surface area contributed by atoms with E-state index in [1.165, 1.54) is 17.8 Å². The second-order valence-corrected chi connectivity index (χ2v) is 8.49. The van der Waals surface area contributed by atoms with Crippen molar-refractivity contribution < 1.29 is 9.53 Å². The van der Waals surface area contributed by atoms with Crippen molar-refractivity contribution in [2.24, 2.45) is 0 Å². The average Bonchev–Trinajstić information content (AvgIpc) is 2.99. The van der Waals surface area contributed by atoms with Gasteiger partial charge in [-0.25, -0.2) is 9.78 Å². The van der Waals surface area contributed by atoms with Gasteiger partial charge in [-0.15, -0.1) is 11.3 Å². The van der Waals surface area contributed by atoms with Crippen molar-refractivity contribution in [1.82, 2.24) is 9.97 Å². The molecule has 0 aliphatic heterocycles. The predicted octanol–water partition coefficient (Wildman–Crippen LogP) is 5.77. The number of hydrogen-bond donors (Lipinski definition) is 0. The molecule has 2 heterocycles. The molecule has 1 fully saturated rings. The summed E-state index contributed by atoms with van der Waals surface area (Å²) in [6.07, 6.45) is 7.67. The summed E-state index contributed by atoms with van der Waals surface area (Å²) in [5, 5.41) is 1.15. The lowest BCUT2D eigenvalue weighted by molar-refractivity contribution is 0.0216. The first-order chi connectivity index (χ1) is 13.0. The van der Waals surface area contributed by atoms with E-state index in [1.54, 1.807) is 0 Å². The van der Waals surface area contributed by atoms with E-state index < -0.39 is 0 Å². The van der Waals surface area contributed by atoms with Gasteiger partial charge in [-0.1, -0.05) is 19.8 Å². The number of rotatable bonds is 7. The molecule has 2 aromatic heterocycles. The van der Waals surface area contributed by atoms with Crippen molar-refractivity contribution in [2.45, 2.75) is 71.8 Å². The SMILES string of the molecule is CCCCN(CC)c1nc(Cl)nc2sc(C(=O)OC3CCCCC3)c(C)c12. The smallest absolute Gasteiger partial charge is 0.348 e. The van der Waals surface area contributed by atoms with E-state index in [1.807, 2.05) is 6.92 Å². The number of unbranched alkanes of at least 4 members (excludes halogenated alkanes) is 1. The normalized spacial score (nSPS) is 15.3. The van der Waals surface area contributed by atoms with Crippen LogP contribution >= 0.6 is 22.9 Å². The largest absolute Gasteiger partial charge is 0.458 e. The number of carbonyl (C=O) groups excluding carboxylic acids is 1. The van der Waals surface area contributed by atoms with Gasteiger partial charge < -0.3 is 9.64 Å². The Morgan fingerprint density at radius 1 is 1.26 bits per heavy atom. The van der Waals surface area contributed by atoms with Crippen molar-refractivity contribution in [3.8, 4) is 0 Å². The summed E-state index contributed by atoms with van der Waals surface area (Å²) in [7, 11) is 0. The summed E-state index contributed by atoms with van der Waals surface area (Å²) in [6.45, 7) is 7.99. The predicted molar refractivity (Wildman–Crippen MR) is 112 cm³/mol. The first-order valence-electron chi connectivity index (χ1n) is 9.97. The molecule has 0 aromatic carbocycles. The van der Waals surface area contributed by atoms with Crippen LogP contribution in [-0.4, -0.2) is 35.1 Å². The van der Waals surface area contributed by atoms with Crippen LogP contribution in [0.15, 0.2) is 0 Å². The number of aryl methyl sites for hydroxylation is 1. The molecule has 0 radical (unpaired) electrons. The number of hydrogen-bond acceptors (Lipinski definition) is 6. The molecular weight excluding hydrogens is 382 g/mol. The van der Waals surface area contributed by atoms with Gasteiger partial charge in [-0.05, 0) is 63.1 Å². The monoisotopic (exact) mass is 409 g/mol. The molecule has 2 aromatic rings. The van der Waals surface area contributed by atoms with E-state index in [0.717, 1.165) is 73.2 Å². The Hall–Kier alpha value is -1.40. The summed E-state index contributed by atoms with van der Waals surface area (Å²) in [5.74, 6) is 0.590.